The lowest BCUT2D eigenvalue weighted by Gasteiger charge is -2.13. The SMILES string of the molecule is CCOc1cc(F)c(Cn2nc(-c3ncc(OCCOC(N)=O)c(Nc4ccncc4)n3)c3ccccc32)c(F)c1. The predicted octanol–water partition coefficient (Wildman–Crippen LogP) is 4.83. The minimum Gasteiger partial charge on any atom is -0.494 e. The molecule has 5 aromatic rings. The van der Waals surface area contributed by atoms with Gasteiger partial charge in [0.2, 0.25) is 0 Å². The van der Waals surface area contributed by atoms with Crippen molar-refractivity contribution in [3.63, 3.8) is 0 Å². The number of carbonyl (C=O) groups excluding carboxylic acids is 1. The molecule has 0 spiro atoms. The number of benzene rings is 2. The number of nitrogens with one attached hydrogen (secondary N) is 1. The predicted molar refractivity (Wildman–Crippen MR) is 146 cm³/mol. The molecule has 0 aliphatic carbocycles. The van der Waals surface area contributed by atoms with Crippen molar-refractivity contribution >= 4 is 28.5 Å². The summed E-state index contributed by atoms with van der Waals surface area (Å²) in [5.41, 5.74) is 6.56. The Labute approximate surface area is 232 Å². The minimum atomic E-state index is -0.914. The van der Waals surface area contributed by atoms with Gasteiger partial charge in [-0.2, -0.15) is 5.10 Å². The van der Waals surface area contributed by atoms with Crippen molar-refractivity contribution in [2.75, 3.05) is 25.1 Å². The number of hydrogen-bond donors (Lipinski definition) is 2. The lowest BCUT2D eigenvalue weighted by Crippen LogP contribution is -2.17. The number of pyridine rings is 1. The normalized spacial score (nSPS) is 10.9. The van der Waals surface area contributed by atoms with Crippen molar-refractivity contribution < 1.29 is 27.8 Å². The molecular formula is C28H25F2N7O4. The van der Waals surface area contributed by atoms with Crippen LogP contribution in [0.2, 0.25) is 0 Å². The lowest BCUT2D eigenvalue weighted by atomic mass is 10.1. The molecule has 0 unspecified atom stereocenters. The fraction of sp³-hybridized carbons (Fsp3) is 0.179. The van der Waals surface area contributed by atoms with Gasteiger partial charge >= 0.3 is 6.09 Å². The standard InChI is InChI=1S/C28H25F2N7O4/c1-2-39-18-13-21(29)20(22(30)14-18)16-37-23-6-4-3-5-19(23)25(36-37)27-33-15-24(40-11-12-41-28(31)38)26(35-27)34-17-7-9-32-10-8-17/h3-10,13-15H,2,11-12,16H2,1H3,(H2,31,38)(H,32,33,34,35). The molecule has 5 rings (SSSR count). The Morgan fingerprint density at radius 2 is 1.80 bits per heavy atom. The van der Waals surface area contributed by atoms with E-state index in [1.165, 1.54) is 10.9 Å². The van der Waals surface area contributed by atoms with Crippen LogP contribution in [-0.4, -0.2) is 50.6 Å². The maximum Gasteiger partial charge on any atom is 0.404 e. The Hall–Kier alpha value is -5.33. The average molecular weight is 562 g/mol. The molecular weight excluding hydrogens is 536 g/mol. The Kier molecular flexibility index (Phi) is 8.13. The molecule has 11 nitrogen and oxygen atoms in total. The molecule has 3 N–H and O–H groups in total. The number of carbonyl (C=O) groups is 1. The maximum atomic E-state index is 14.9. The first-order valence-electron chi connectivity index (χ1n) is 12.6. The molecule has 3 aromatic heterocycles. The number of rotatable bonds is 11. The van der Waals surface area contributed by atoms with E-state index in [4.69, 9.17) is 19.9 Å². The number of hydrogen-bond acceptors (Lipinski definition) is 9. The number of halogens is 2. The van der Waals surface area contributed by atoms with Gasteiger partial charge in [0.25, 0.3) is 0 Å². The van der Waals surface area contributed by atoms with Gasteiger partial charge in [0.05, 0.1) is 24.9 Å². The van der Waals surface area contributed by atoms with E-state index in [9.17, 15) is 13.6 Å². The quantitative estimate of drug-likeness (QED) is 0.217. The molecule has 0 radical (unpaired) electrons. The van der Waals surface area contributed by atoms with E-state index < -0.39 is 17.7 Å². The Bertz CT molecular complexity index is 1660. The first kappa shape index (κ1) is 27.2. The number of para-hydroxylation sites is 1. The van der Waals surface area contributed by atoms with Crippen LogP contribution < -0.4 is 20.5 Å². The number of aromatic nitrogens is 5. The fourth-order valence-electron chi connectivity index (χ4n) is 4.09. The first-order valence-corrected chi connectivity index (χ1v) is 12.6. The molecule has 0 aliphatic rings. The highest BCUT2D eigenvalue weighted by atomic mass is 19.1. The van der Waals surface area contributed by atoms with Crippen LogP contribution in [0.1, 0.15) is 12.5 Å². The Morgan fingerprint density at radius 1 is 1.05 bits per heavy atom. The number of nitrogens with two attached hydrogens (primary N) is 1. The Morgan fingerprint density at radius 3 is 2.54 bits per heavy atom. The monoisotopic (exact) mass is 561 g/mol. The van der Waals surface area contributed by atoms with Crippen molar-refractivity contribution in [3.05, 3.63) is 84.3 Å². The summed E-state index contributed by atoms with van der Waals surface area (Å²) in [5.74, 6) is -0.537. The van der Waals surface area contributed by atoms with Gasteiger partial charge in [0.1, 0.15) is 36.3 Å². The topological polar surface area (TPSA) is 139 Å². The molecule has 210 valence electrons. The van der Waals surface area contributed by atoms with Crippen LogP contribution in [0.4, 0.5) is 25.1 Å². The second-order valence-corrected chi connectivity index (χ2v) is 8.61. The van der Waals surface area contributed by atoms with E-state index in [0.29, 0.717) is 28.1 Å². The van der Waals surface area contributed by atoms with Gasteiger partial charge in [0, 0.05) is 41.2 Å². The van der Waals surface area contributed by atoms with Crippen LogP contribution in [0.25, 0.3) is 22.4 Å². The molecule has 3 heterocycles. The zero-order valence-electron chi connectivity index (χ0n) is 21.9. The van der Waals surface area contributed by atoms with Crippen LogP contribution >= 0.6 is 0 Å². The largest absolute Gasteiger partial charge is 0.494 e. The van der Waals surface area contributed by atoms with Crippen LogP contribution in [0.3, 0.4) is 0 Å². The smallest absolute Gasteiger partial charge is 0.404 e. The van der Waals surface area contributed by atoms with Crippen molar-refractivity contribution in [2.45, 2.75) is 13.5 Å². The van der Waals surface area contributed by atoms with Crippen molar-refractivity contribution in [1.29, 1.82) is 0 Å². The van der Waals surface area contributed by atoms with Gasteiger partial charge in [0.15, 0.2) is 17.4 Å². The van der Waals surface area contributed by atoms with Crippen molar-refractivity contribution in [1.82, 2.24) is 24.7 Å². The summed E-state index contributed by atoms with van der Waals surface area (Å²) in [6, 6.07) is 13.0. The first-order chi connectivity index (χ1) is 19.9. The summed E-state index contributed by atoms with van der Waals surface area (Å²) >= 11 is 0. The summed E-state index contributed by atoms with van der Waals surface area (Å²) in [4.78, 5) is 24.0. The molecule has 41 heavy (non-hydrogen) atoms. The number of nitrogens with zero attached hydrogens (tertiary/aromatic N) is 5. The van der Waals surface area contributed by atoms with E-state index >= 15 is 0 Å². The highest BCUT2D eigenvalue weighted by Gasteiger charge is 2.20. The van der Waals surface area contributed by atoms with Gasteiger partial charge in [-0.25, -0.2) is 23.5 Å². The van der Waals surface area contributed by atoms with Crippen LogP contribution in [0.15, 0.2) is 67.1 Å². The molecule has 0 saturated heterocycles. The number of fused-ring (bicyclic) bond motifs is 1. The molecule has 2 aromatic carbocycles. The average Bonchev–Trinajstić information content (AvgIpc) is 3.33. The van der Waals surface area contributed by atoms with E-state index in [-0.39, 0.29) is 49.3 Å². The summed E-state index contributed by atoms with van der Waals surface area (Å²) < 4.78 is 46.9. The second kappa shape index (κ2) is 12.2. The van der Waals surface area contributed by atoms with Gasteiger partial charge in [-0.05, 0) is 25.1 Å². The van der Waals surface area contributed by atoms with Crippen LogP contribution in [0.5, 0.6) is 11.5 Å². The summed E-state index contributed by atoms with van der Waals surface area (Å²) in [6.07, 6.45) is 3.76. The number of ether oxygens (including phenoxy) is 3. The molecule has 0 fully saturated rings. The number of anilines is 2. The third kappa shape index (κ3) is 6.30. The van der Waals surface area contributed by atoms with E-state index in [0.717, 1.165) is 12.1 Å². The molecule has 0 saturated carbocycles. The van der Waals surface area contributed by atoms with Crippen molar-refractivity contribution in [2.24, 2.45) is 5.73 Å². The Balaban J connectivity index is 1.51. The maximum absolute atomic E-state index is 14.9. The van der Waals surface area contributed by atoms with Crippen LogP contribution in [-0.2, 0) is 11.3 Å². The second-order valence-electron chi connectivity index (χ2n) is 8.61. The van der Waals surface area contributed by atoms with E-state index in [1.54, 1.807) is 43.6 Å². The summed E-state index contributed by atoms with van der Waals surface area (Å²) in [6.45, 7) is 1.79. The lowest BCUT2D eigenvalue weighted by molar-refractivity contribution is 0.134. The summed E-state index contributed by atoms with van der Waals surface area (Å²) in [5, 5.41) is 8.49. The van der Waals surface area contributed by atoms with Gasteiger partial charge in [-0.3, -0.25) is 9.67 Å². The number of amides is 1. The highest BCUT2D eigenvalue weighted by Crippen LogP contribution is 2.32. The van der Waals surface area contributed by atoms with E-state index in [1.807, 2.05) is 12.1 Å². The van der Waals surface area contributed by atoms with Gasteiger partial charge < -0.3 is 25.3 Å². The molecule has 0 aliphatic heterocycles. The fourth-order valence-corrected chi connectivity index (χ4v) is 4.09. The minimum absolute atomic E-state index is 0.00738. The third-order valence-electron chi connectivity index (χ3n) is 5.89. The number of primary amides is 1. The van der Waals surface area contributed by atoms with Crippen molar-refractivity contribution in [3.8, 4) is 23.0 Å². The molecule has 1 amide bonds. The van der Waals surface area contributed by atoms with Gasteiger partial charge in [-0.1, -0.05) is 18.2 Å². The zero-order chi connectivity index (χ0) is 28.8. The highest BCUT2D eigenvalue weighted by molar-refractivity contribution is 5.92. The third-order valence-corrected chi connectivity index (χ3v) is 5.89. The van der Waals surface area contributed by atoms with Crippen LogP contribution in [0, 0.1) is 11.6 Å². The molecule has 0 atom stereocenters. The zero-order valence-corrected chi connectivity index (χ0v) is 21.9. The van der Waals surface area contributed by atoms with E-state index in [2.05, 4.69) is 25.4 Å². The molecule has 13 heteroatoms. The van der Waals surface area contributed by atoms with Gasteiger partial charge in [-0.15, -0.1) is 0 Å². The summed E-state index contributed by atoms with van der Waals surface area (Å²) in [7, 11) is 0. The molecule has 0 bridgehead atoms.